The van der Waals surface area contributed by atoms with E-state index >= 15 is 0 Å². The van der Waals surface area contributed by atoms with Gasteiger partial charge in [0.05, 0.1) is 5.92 Å². The van der Waals surface area contributed by atoms with Crippen molar-refractivity contribution >= 4 is 5.78 Å². The lowest BCUT2D eigenvalue weighted by molar-refractivity contribution is -0.195. The normalized spacial score (nSPS) is 28.9. The number of allylic oxidation sites excluding steroid dienone is 1. The van der Waals surface area contributed by atoms with Crippen LogP contribution in [0.5, 0.6) is 0 Å². The third-order valence-corrected chi connectivity index (χ3v) is 2.68. The van der Waals surface area contributed by atoms with Gasteiger partial charge in [0, 0.05) is 12.8 Å². The monoisotopic (exact) mass is 206 g/mol. The van der Waals surface area contributed by atoms with Crippen LogP contribution in [0.4, 0.5) is 13.2 Å². The molecule has 0 N–H and O–H groups in total. The summed E-state index contributed by atoms with van der Waals surface area (Å²) in [6, 6.07) is 0. The van der Waals surface area contributed by atoms with E-state index in [9.17, 15) is 18.0 Å². The van der Waals surface area contributed by atoms with Crippen LogP contribution >= 0.6 is 0 Å². The highest BCUT2D eigenvalue weighted by molar-refractivity contribution is 5.79. The average Bonchev–Trinajstić information content (AvgIpc) is 2.02. The first-order valence-corrected chi connectivity index (χ1v) is 4.64. The van der Waals surface area contributed by atoms with E-state index in [4.69, 9.17) is 0 Å². The first-order chi connectivity index (χ1) is 6.45. The largest absolute Gasteiger partial charge is 0.392 e. The maximum atomic E-state index is 12.5. The number of carbonyl (C=O) groups excluding carboxylic acids is 1. The minimum Gasteiger partial charge on any atom is -0.300 e. The Bertz CT molecular complexity index is 232. The van der Waals surface area contributed by atoms with Gasteiger partial charge in [-0.1, -0.05) is 6.08 Å². The number of halogens is 3. The van der Waals surface area contributed by atoms with Crippen LogP contribution in [0.3, 0.4) is 0 Å². The van der Waals surface area contributed by atoms with Crippen molar-refractivity contribution in [1.82, 2.24) is 0 Å². The molecule has 80 valence electrons. The standard InChI is InChI=1S/C10H13F3O/c1-2-3-7-6-8(14)4-5-9(7)10(11,12)13/h2,7,9H,1,3-6H2. The van der Waals surface area contributed by atoms with Crippen LogP contribution in [0.2, 0.25) is 0 Å². The zero-order valence-electron chi connectivity index (χ0n) is 7.81. The summed E-state index contributed by atoms with van der Waals surface area (Å²) < 4.78 is 37.5. The van der Waals surface area contributed by atoms with Gasteiger partial charge >= 0.3 is 6.18 Å². The molecule has 0 bridgehead atoms. The second kappa shape index (κ2) is 4.15. The van der Waals surface area contributed by atoms with Gasteiger partial charge in [-0.15, -0.1) is 6.58 Å². The van der Waals surface area contributed by atoms with Crippen molar-refractivity contribution in [2.45, 2.75) is 31.9 Å². The predicted molar refractivity (Wildman–Crippen MR) is 46.7 cm³/mol. The maximum absolute atomic E-state index is 12.5. The fraction of sp³-hybridized carbons (Fsp3) is 0.700. The summed E-state index contributed by atoms with van der Waals surface area (Å²) in [5.41, 5.74) is 0. The Kier molecular flexibility index (Phi) is 3.34. The van der Waals surface area contributed by atoms with E-state index < -0.39 is 18.0 Å². The van der Waals surface area contributed by atoms with Gasteiger partial charge in [0.1, 0.15) is 5.78 Å². The number of alkyl halides is 3. The van der Waals surface area contributed by atoms with E-state index in [0.717, 1.165) is 0 Å². The highest BCUT2D eigenvalue weighted by Crippen LogP contribution is 2.41. The first-order valence-electron chi connectivity index (χ1n) is 4.64. The van der Waals surface area contributed by atoms with E-state index in [0.29, 0.717) is 0 Å². The summed E-state index contributed by atoms with van der Waals surface area (Å²) >= 11 is 0. The van der Waals surface area contributed by atoms with Gasteiger partial charge in [-0.05, 0) is 18.8 Å². The van der Waals surface area contributed by atoms with E-state index in [1.807, 2.05) is 0 Å². The number of Topliss-reactive ketones (excluding diaryl/α,β-unsaturated/α-hetero) is 1. The molecule has 1 nitrogen and oxygen atoms in total. The highest BCUT2D eigenvalue weighted by Gasteiger charge is 2.46. The Hall–Kier alpha value is -0.800. The third kappa shape index (κ3) is 2.59. The van der Waals surface area contributed by atoms with Gasteiger partial charge in [-0.3, -0.25) is 4.79 Å². The summed E-state index contributed by atoms with van der Waals surface area (Å²) in [5, 5.41) is 0. The Labute approximate surface area is 81.0 Å². The Morgan fingerprint density at radius 3 is 2.64 bits per heavy atom. The molecular weight excluding hydrogens is 193 g/mol. The molecule has 1 saturated carbocycles. The molecular formula is C10H13F3O. The lowest BCUT2D eigenvalue weighted by Gasteiger charge is -2.31. The third-order valence-electron chi connectivity index (χ3n) is 2.68. The van der Waals surface area contributed by atoms with E-state index in [1.54, 1.807) is 0 Å². The SMILES string of the molecule is C=CCC1CC(=O)CCC1C(F)(F)F. The van der Waals surface area contributed by atoms with Gasteiger partial charge in [0.25, 0.3) is 0 Å². The lowest BCUT2D eigenvalue weighted by Crippen LogP contribution is -2.35. The molecule has 4 heteroatoms. The summed E-state index contributed by atoms with van der Waals surface area (Å²) in [6.07, 6.45) is -2.37. The van der Waals surface area contributed by atoms with Crippen molar-refractivity contribution < 1.29 is 18.0 Å². The molecule has 1 aliphatic rings. The molecule has 0 aliphatic heterocycles. The van der Waals surface area contributed by atoms with E-state index in [2.05, 4.69) is 6.58 Å². The van der Waals surface area contributed by atoms with Crippen molar-refractivity contribution in [3.63, 3.8) is 0 Å². The summed E-state index contributed by atoms with van der Waals surface area (Å²) in [6.45, 7) is 3.42. The zero-order valence-corrected chi connectivity index (χ0v) is 7.81. The number of hydrogen-bond donors (Lipinski definition) is 0. The van der Waals surface area contributed by atoms with E-state index in [-0.39, 0.29) is 31.5 Å². The number of carbonyl (C=O) groups is 1. The number of hydrogen-bond acceptors (Lipinski definition) is 1. The first kappa shape index (κ1) is 11.3. The molecule has 0 aromatic carbocycles. The molecule has 2 atom stereocenters. The second-order valence-corrected chi connectivity index (χ2v) is 3.71. The Morgan fingerprint density at radius 2 is 2.14 bits per heavy atom. The summed E-state index contributed by atoms with van der Waals surface area (Å²) in [5.74, 6) is -1.97. The molecule has 1 aliphatic carbocycles. The molecule has 14 heavy (non-hydrogen) atoms. The molecule has 1 fully saturated rings. The topological polar surface area (TPSA) is 17.1 Å². The number of ketones is 1. The molecule has 0 saturated heterocycles. The summed E-state index contributed by atoms with van der Waals surface area (Å²) in [4.78, 5) is 11.0. The molecule has 2 unspecified atom stereocenters. The van der Waals surface area contributed by atoms with Crippen LogP contribution in [-0.2, 0) is 4.79 Å². The lowest BCUT2D eigenvalue weighted by atomic mass is 9.76. The second-order valence-electron chi connectivity index (χ2n) is 3.71. The Morgan fingerprint density at radius 1 is 1.50 bits per heavy atom. The van der Waals surface area contributed by atoms with Gasteiger partial charge in [0.2, 0.25) is 0 Å². The van der Waals surface area contributed by atoms with Crippen LogP contribution in [0.1, 0.15) is 25.7 Å². The molecule has 0 heterocycles. The Balaban J connectivity index is 2.72. The van der Waals surface area contributed by atoms with Crippen molar-refractivity contribution in [1.29, 1.82) is 0 Å². The van der Waals surface area contributed by atoms with Crippen molar-refractivity contribution in [3.05, 3.63) is 12.7 Å². The average molecular weight is 206 g/mol. The van der Waals surface area contributed by atoms with Crippen LogP contribution in [0.15, 0.2) is 12.7 Å². The van der Waals surface area contributed by atoms with Crippen LogP contribution in [0, 0.1) is 11.8 Å². The highest BCUT2D eigenvalue weighted by atomic mass is 19.4. The molecule has 1 rings (SSSR count). The smallest absolute Gasteiger partial charge is 0.300 e. The minimum atomic E-state index is -4.17. The summed E-state index contributed by atoms with van der Waals surface area (Å²) in [7, 11) is 0. The van der Waals surface area contributed by atoms with Crippen LogP contribution in [0.25, 0.3) is 0 Å². The fourth-order valence-corrected chi connectivity index (χ4v) is 1.98. The molecule has 0 amide bonds. The van der Waals surface area contributed by atoms with Crippen molar-refractivity contribution in [2.75, 3.05) is 0 Å². The van der Waals surface area contributed by atoms with Gasteiger partial charge in [-0.25, -0.2) is 0 Å². The van der Waals surface area contributed by atoms with Gasteiger partial charge < -0.3 is 0 Å². The van der Waals surface area contributed by atoms with Crippen molar-refractivity contribution in [2.24, 2.45) is 11.8 Å². The minimum absolute atomic E-state index is 0.0518. The van der Waals surface area contributed by atoms with Crippen molar-refractivity contribution in [3.8, 4) is 0 Å². The maximum Gasteiger partial charge on any atom is 0.392 e. The molecule has 0 aromatic heterocycles. The van der Waals surface area contributed by atoms with Crippen LogP contribution < -0.4 is 0 Å². The number of rotatable bonds is 2. The predicted octanol–water partition coefficient (Wildman–Crippen LogP) is 3.11. The molecule has 0 radical (unpaired) electrons. The fourth-order valence-electron chi connectivity index (χ4n) is 1.98. The molecule has 0 aromatic rings. The zero-order chi connectivity index (χ0) is 10.8. The quantitative estimate of drug-likeness (QED) is 0.634. The van der Waals surface area contributed by atoms with E-state index in [1.165, 1.54) is 6.08 Å². The molecule has 0 spiro atoms. The van der Waals surface area contributed by atoms with Gasteiger partial charge in [0.15, 0.2) is 0 Å². The van der Waals surface area contributed by atoms with Gasteiger partial charge in [-0.2, -0.15) is 13.2 Å². The van der Waals surface area contributed by atoms with Crippen LogP contribution in [-0.4, -0.2) is 12.0 Å².